The molecule has 1 rings (SSSR count). The van der Waals surface area contributed by atoms with Crippen molar-refractivity contribution in [1.29, 1.82) is 0 Å². The zero-order chi connectivity index (χ0) is 12.3. The summed E-state index contributed by atoms with van der Waals surface area (Å²) in [5.74, 6) is 0.540. The molecule has 0 aliphatic carbocycles. The first-order valence-electron chi connectivity index (χ1n) is 6.07. The number of nitrogens with two attached hydrogens (primary N) is 1. The van der Waals surface area contributed by atoms with Crippen LogP contribution in [0.3, 0.4) is 0 Å². The van der Waals surface area contributed by atoms with Crippen molar-refractivity contribution in [3.8, 4) is 0 Å². The summed E-state index contributed by atoms with van der Waals surface area (Å²) in [6.07, 6.45) is 1.83. The van der Waals surface area contributed by atoms with Crippen LogP contribution < -0.4 is 5.73 Å². The Morgan fingerprint density at radius 2 is 2.12 bits per heavy atom. The SMILES string of the molecule is CC[C@@H]1CCN(C(=O)OC(C)(C)C)C[C@H]1N. The molecule has 0 unspecified atom stereocenters. The van der Waals surface area contributed by atoms with E-state index in [4.69, 9.17) is 10.5 Å². The summed E-state index contributed by atoms with van der Waals surface area (Å²) in [5, 5.41) is 0. The van der Waals surface area contributed by atoms with Gasteiger partial charge in [0.15, 0.2) is 0 Å². The van der Waals surface area contributed by atoms with Gasteiger partial charge >= 0.3 is 6.09 Å². The van der Waals surface area contributed by atoms with E-state index in [1.807, 2.05) is 20.8 Å². The van der Waals surface area contributed by atoms with Crippen LogP contribution in [0, 0.1) is 5.92 Å². The average Bonchev–Trinajstić information content (AvgIpc) is 2.15. The first-order chi connectivity index (χ1) is 7.33. The van der Waals surface area contributed by atoms with Crippen LogP contribution in [0.25, 0.3) is 0 Å². The second-order valence-electron chi connectivity index (χ2n) is 5.55. The summed E-state index contributed by atoms with van der Waals surface area (Å²) in [7, 11) is 0. The van der Waals surface area contributed by atoms with Gasteiger partial charge in [-0.25, -0.2) is 4.79 Å². The lowest BCUT2D eigenvalue weighted by molar-refractivity contribution is 0.0158. The van der Waals surface area contributed by atoms with Crippen LogP contribution in [0.2, 0.25) is 0 Å². The Bertz CT molecular complexity index is 248. The van der Waals surface area contributed by atoms with Gasteiger partial charge in [-0.15, -0.1) is 0 Å². The summed E-state index contributed by atoms with van der Waals surface area (Å²) in [5.41, 5.74) is 5.60. The highest BCUT2D eigenvalue weighted by Gasteiger charge is 2.30. The van der Waals surface area contributed by atoms with Gasteiger partial charge < -0.3 is 15.4 Å². The highest BCUT2D eigenvalue weighted by Crippen LogP contribution is 2.21. The molecular formula is C12H24N2O2. The summed E-state index contributed by atoms with van der Waals surface area (Å²) in [6, 6.07) is 0.0891. The molecule has 4 heteroatoms. The lowest BCUT2D eigenvalue weighted by atomic mass is 9.90. The maximum atomic E-state index is 11.8. The van der Waals surface area contributed by atoms with Gasteiger partial charge in [-0.1, -0.05) is 13.3 Å². The summed E-state index contributed by atoms with van der Waals surface area (Å²) in [4.78, 5) is 13.5. The molecule has 94 valence electrons. The van der Waals surface area contributed by atoms with Gasteiger partial charge in [-0.2, -0.15) is 0 Å². The van der Waals surface area contributed by atoms with Crippen molar-refractivity contribution >= 4 is 6.09 Å². The molecular weight excluding hydrogens is 204 g/mol. The molecule has 1 heterocycles. The molecule has 0 saturated carbocycles. The average molecular weight is 228 g/mol. The third-order valence-corrected chi connectivity index (χ3v) is 2.98. The quantitative estimate of drug-likeness (QED) is 0.746. The molecule has 0 bridgehead atoms. The highest BCUT2D eigenvalue weighted by molar-refractivity contribution is 5.68. The molecule has 1 aliphatic rings. The molecule has 4 nitrogen and oxygen atoms in total. The van der Waals surface area contributed by atoms with E-state index >= 15 is 0 Å². The van der Waals surface area contributed by atoms with Gasteiger partial charge in [0.05, 0.1) is 0 Å². The Morgan fingerprint density at radius 3 is 2.56 bits per heavy atom. The van der Waals surface area contributed by atoms with Crippen LogP contribution in [0.5, 0.6) is 0 Å². The molecule has 1 aliphatic heterocycles. The van der Waals surface area contributed by atoms with Gasteiger partial charge in [0.25, 0.3) is 0 Å². The largest absolute Gasteiger partial charge is 0.444 e. The number of carbonyl (C=O) groups excluding carboxylic acids is 1. The minimum atomic E-state index is -0.428. The van der Waals surface area contributed by atoms with E-state index < -0.39 is 5.60 Å². The Labute approximate surface area is 98.1 Å². The van der Waals surface area contributed by atoms with Gasteiger partial charge in [-0.3, -0.25) is 0 Å². The number of amides is 1. The van der Waals surface area contributed by atoms with Crippen molar-refractivity contribution in [3.05, 3.63) is 0 Å². The number of carbonyl (C=O) groups is 1. The molecule has 2 atom stereocenters. The van der Waals surface area contributed by atoms with Crippen LogP contribution in [-0.2, 0) is 4.74 Å². The molecule has 0 aromatic rings. The van der Waals surface area contributed by atoms with Crippen molar-refractivity contribution in [3.63, 3.8) is 0 Å². The monoisotopic (exact) mass is 228 g/mol. The fourth-order valence-corrected chi connectivity index (χ4v) is 2.03. The van der Waals surface area contributed by atoms with Crippen molar-refractivity contribution in [2.75, 3.05) is 13.1 Å². The van der Waals surface area contributed by atoms with Crippen LogP contribution in [0.1, 0.15) is 40.5 Å². The summed E-state index contributed by atoms with van der Waals surface area (Å²) >= 11 is 0. The number of hydrogen-bond donors (Lipinski definition) is 1. The zero-order valence-corrected chi connectivity index (χ0v) is 10.8. The number of rotatable bonds is 1. The standard InChI is InChI=1S/C12H24N2O2/c1-5-9-6-7-14(8-10(9)13)11(15)16-12(2,3)4/h9-10H,5-8,13H2,1-4H3/t9-,10-/m1/s1. The van der Waals surface area contributed by atoms with E-state index in [-0.39, 0.29) is 12.1 Å². The minimum Gasteiger partial charge on any atom is -0.444 e. The molecule has 1 amide bonds. The van der Waals surface area contributed by atoms with Gasteiger partial charge in [0.2, 0.25) is 0 Å². The molecule has 1 saturated heterocycles. The van der Waals surface area contributed by atoms with Crippen LogP contribution >= 0.6 is 0 Å². The maximum absolute atomic E-state index is 11.8. The smallest absolute Gasteiger partial charge is 0.410 e. The Balaban J connectivity index is 2.48. The minimum absolute atomic E-state index is 0.0891. The molecule has 0 spiro atoms. The molecule has 0 aromatic carbocycles. The number of likely N-dealkylation sites (tertiary alicyclic amines) is 1. The Hall–Kier alpha value is -0.770. The molecule has 1 fully saturated rings. The maximum Gasteiger partial charge on any atom is 0.410 e. The number of hydrogen-bond acceptors (Lipinski definition) is 3. The molecule has 2 N–H and O–H groups in total. The summed E-state index contributed by atoms with van der Waals surface area (Å²) < 4.78 is 5.33. The first kappa shape index (κ1) is 13.3. The van der Waals surface area contributed by atoms with E-state index in [9.17, 15) is 4.79 Å². The Morgan fingerprint density at radius 1 is 1.50 bits per heavy atom. The molecule has 16 heavy (non-hydrogen) atoms. The Kier molecular flexibility index (Phi) is 4.19. The van der Waals surface area contributed by atoms with Crippen LogP contribution in [-0.4, -0.2) is 35.7 Å². The van der Waals surface area contributed by atoms with Crippen molar-refractivity contribution in [2.45, 2.75) is 52.2 Å². The number of piperidine rings is 1. The van der Waals surface area contributed by atoms with Crippen LogP contribution in [0.15, 0.2) is 0 Å². The fraction of sp³-hybridized carbons (Fsp3) is 0.917. The van der Waals surface area contributed by atoms with E-state index in [0.29, 0.717) is 12.5 Å². The van der Waals surface area contributed by atoms with E-state index in [2.05, 4.69) is 6.92 Å². The second-order valence-corrected chi connectivity index (χ2v) is 5.55. The number of nitrogens with zero attached hydrogens (tertiary/aromatic N) is 1. The first-order valence-corrected chi connectivity index (χ1v) is 6.07. The van der Waals surface area contributed by atoms with E-state index in [0.717, 1.165) is 19.4 Å². The molecule has 0 aromatic heterocycles. The fourth-order valence-electron chi connectivity index (χ4n) is 2.03. The third kappa shape index (κ3) is 3.67. The van der Waals surface area contributed by atoms with Crippen molar-refractivity contribution in [2.24, 2.45) is 11.7 Å². The highest BCUT2D eigenvalue weighted by atomic mass is 16.6. The van der Waals surface area contributed by atoms with Gasteiger partial charge in [0.1, 0.15) is 5.60 Å². The molecule has 0 radical (unpaired) electrons. The lowest BCUT2D eigenvalue weighted by Gasteiger charge is -2.37. The second kappa shape index (κ2) is 5.04. The third-order valence-electron chi connectivity index (χ3n) is 2.98. The lowest BCUT2D eigenvalue weighted by Crippen LogP contribution is -2.51. The zero-order valence-electron chi connectivity index (χ0n) is 10.8. The van der Waals surface area contributed by atoms with Crippen LogP contribution in [0.4, 0.5) is 4.79 Å². The van der Waals surface area contributed by atoms with E-state index in [1.54, 1.807) is 4.90 Å². The van der Waals surface area contributed by atoms with Crippen molar-refractivity contribution < 1.29 is 9.53 Å². The normalized spacial score (nSPS) is 26.7. The van der Waals surface area contributed by atoms with Gasteiger partial charge in [0, 0.05) is 19.1 Å². The predicted molar refractivity (Wildman–Crippen MR) is 64.2 cm³/mol. The predicted octanol–water partition coefficient (Wildman–Crippen LogP) is 1.98. The van der Waals surface area contributed by atoms with Crippen molar-refractivity contribution in [1.82, 2.24) is 4.90 Å². The topological polar surface area (TPSA) is 55.6 Å². The van der Waals surface area contributed by atoms with Gasteiger partial charge in [-0.05, 0) is 33.1 Å². The summed E-state index contributed by atoms with van der Waals surface area (Å²) in [6.45, 7) is 9.17. The van der Waals surface area contributed by atoms with E-state index in [1.165, 1.54) is 0 Å². The number of ether oxygens (including phenoxy) is 1.